The Morgan fingerprint density at radius 1 is 1.30 bits per heavy atom. The minimum atomic E-state index is -4.86. The molecule has 0 unspecified atom stereocenters. The molecule has 5 atom stereocenters. The predicted octanol–water partition coefficient (Wildman–Crippen LogP) is 4.10. The molecule has 37 heavy (non-hydrogen) atoms. The number of halogens is 5. The summed E-state index contributed by atoms with van der Waals surface area (Å²) in [5.74, 6) is -6.77. The largest absolute Gasteiger partial charge is 0.489 e. The number of carbonyl (C=O) groups is 1. The number of ether oxygens (including phenoxy) is 3. The van der Waals surface area contributed by atoms with Crippen molar-refractivity contribution >= 4 is 11.6 Å². The van der Waals surface area contributed by atoms with Crippen molar-refractivity contribution in [3.05, 3.63) is 41.3 Å². The number of carbonyl (C=O) groups excluding carboxylic acids is 1. The van der Waals surface area contributed by atoms with Crippen molar-refractivity contribution in [1.29, 1.82) is 0 Å². The second kappa shape index (κ2) is 10.5. The molecule has 0 radical (unpaired) electrons. The molecule has 2 N–H and O–H groups in total. The van der Waals surface area contributed by atoms with E-state index < -0.39 is 53.0 Å². The third-order valence-corrected chi connectivity index (χ3v) is 7.09. The van der Waals surface area contributed by atoms with E-state index in [9.17, 15) is 26.7 Å². The van der Waals surface area contributed by atoms with E-state index in [0.29, 0.717) is 18.9 Å². The maximum absolute atomic E-state index is 15.0. The van der Waals surface area contributed by atoms with Gasteiger partial charge >= 0.3 is 6.18 Å². The Bertz CT molecular complexity index is 1120. The highest BCUT2D eigenvalue weighted by atomic mass is 19.4. The third kappa shape index (κ3) is 5.30. The van der Waals surface area contributed by atoms with Crippen molar-refractivity contribution in [2.45, 2.75) is 57.0 Å². The fraction of sp³-hybridized carbons (Fsp3) is 0.583. The van der Waals surface area contributed by atoms with Crippen molar-refractivity contribution < 1.29 is 45.5 Å². The fourth-order valence-electron chi connectivity index (χ4n) is 4.71. The van der Waals surface area contributed by atoms with E-state index in [1.54, 1.807) is 0 Å². The molecule has 2 saturated heterocycles. The first kappa shape index (κ1) is 27.3. The first-order chi connectivity index (χ1) is 17.4. The molecule has 1 amide bonds. The van der Waals surface area contributed by atoms with Gasteiger partial charge in [-0.05, 0) is 26.3 Å². The van der Waals surface area contributed by atoms with E-state index in [2.05, 4.69) is 15.8 Å². The van der Waals surface area contributed by atoms with Crippen LogP contribution in [0.25, 0.3) is 0 Å². The van der Waals surface area contributed by atoms with Gasteiger partial charge in [-0.2, -0.15) is 17.6 Å². The molecule has 2 aliphatic rings. The maximum Gasteiger partial charge on any atom is 0.417 e. The van der Waals surface area contributed by atoms with Crippen LogP contribution < -0.4 is 15.4 Å². The third-order valence-electron chi connectivity index (χ3n) is 7.09. The Morgan fingerprint density at radius 3 is 2.68 bits per heavy atom. The molecule has 4 rings (SSSR count). The van der Waals surface area contributed by atoms with Gasteiger partial charge < -0.3 is 29.4 Å². The molecule has 2 aliphatic heterocycles. The average molecular weight is 533 g/mol. The molecule has 0 aliphatic carbocycles. The van der Waals surface area contributed by atoms with Crippen LogP contribution in [0.3, 0.4) is 0 Å². The fourth-order valence-corrected chi connectivity index (χ4v) is 4.71. The number of benzene rings is 1. The lowest BCUT2D eigenvalue weighted by molar-refractivity contribution is -0.272. The van der Waals surface area contributed by atoms with Crippen molar-refractivity contribution in [3.63, 3.8) is 0 Å². The number of anilines is 1. The smallest absolute Gasteiger partial charge is 0.417 e. The summed E-state index contributed by atoms with van der Waals surface area (Å²) in [4.78, 5) is 13.2. The van der Waals surface area contributed by atoms with Crippen molar-refractivity contribution in [2.75, 3.05) is 31.7 Å². The summed E-state index contributed by atoms with van der Waals surface area (Å²) in [7, 11) is 0. The Hall–Kier alpha value is -2.77. The SMILES string of the molecule is Cc1nocc1NC(=O)[C@@H]1O[C@@](C)(C(F)(F)F)[C@@H](C)[C@H]1c1ccc(F)c(F)c1OCCN[C@@H]1CCOC1. The van der Waals surface area contributed by atoms with Gasteiger partial charge in [-0.3, -0.25) is 4.79 Å². The van der Waals surface area contributed by atoms with Crippen LogP contribution in [0, 0.1) is 24.5 Å². The molecule has 1 aromatic heterocycles. The van der Waals surface area contributed by atoms with E-state index in [1.807, 2.05) is 0 Å². The molecular formula is C24H28F5N3O5. The van der Waals surface area contributed by atoms with Gasteiger partial charge in [-0.15, -0.1) is 0 Å². The van der Waals surface area contributed by atoms with Gasteiger partial charge in [0.15, 0.2) is 17.2 Å². The van der Waals surface area contributed by atoms with Crippen LogP contribution in [0.2, 0.25) is 0 Å². The minimum Gasteiger partial charge on any atom is -0.489 e. The molecule has 2 fully saturated rings. The van der Waals surface area contributed by atoms with E-state index in [4.69, 9.17) is 18.7 Å². The van der Waals surface area contributed by atoms with Crippen LogP contribution in [-0.2, 0) is 14.3 Å². The Balaban J connectivity index is 1.65. The van der Waals surface area contributed by atoms with Gasteiger partial charge in [0.25, 0.3) is 5.91 Å². The first-order valence-corrected chi connectivity index (χ1v) is 11.8. The van der Waals surface area contributed by atoms with Gasteiger partial charge in [0.05, 0.1) is 6.61 Å². The van der Waals surface area contributed by atoms with Gasteiger partial charge in [0.2, 0.25) is 5.82 Å². The van der Waals surface area contributed by atoms with E-state index in [0.717, 1.165) is 31.7 Å². The summed E-state index contributed by atoms with van der Waals surface area (Å²) in [6.45, 7) is 4.89. The Kier molecular flexibility index (Phi) is 7.77. The number of alkyl halides is 3. The van der Waals surface area contributed by atoms with Crippen molar-refractivity contribution in [2.24, 2.45) is 5.92 Å². The van der Waals surface area contributed by atoms with Gasteiger partial charge in [-0.25, -0.2) is 4.39 Å². The van der Waals surface area contributed by atoms with Crippen LogP contribution in [-0.4, -0.2) is 61.4 Å². The van der Waals surface area contributed by atoms with Crippen LogP contribution in [0.15, 0.2) is 22.9 Å². The molecule has 13 heteroatoms. The summed E-state index contributed by atoms with van der Waals surface area (Å²) in [5, 5.41) is 9.23. The number of rotatable bonds is 8. The highest BCUT2D eigenvalue weighted by Crippen LogP contribution is 2.55. The zero-order valence-electron chi connectivity index (χ0n) is 20.5. The van der Waals surface area contributed by atoms with Gasteiger partial charge in [0.1, 0.15) is 30.4 Å². The topological polar surface area (TPSA) is 94.9 Å². The van der Waals surface area contributed by atoms with Crippen molar-refractivity contribution in [3.8, 4) is 5.75 Å². The van der Waals surface area contributed by atoms with Crippen molar-refractivity contribution in [1.82, 2.24) is 10.5 Å². The molecule has 3 heterocycles. The zero-order chi connectivity index (χ0) is 27.0. The van der Waals surface area contributed by atoms with E-state index >= 15 is 0 Å². The molecule has 8 nitrogen and oxygen atoms in total. The number of hydrogen-bond donors (Lipinski definition) is 2. The van der Waals surface area contributed by atoms with E-state index in [-0.39, 0.29) is 30.4 Å². The summed E-state index contributed by atoms with van der Waals surface area (Å²) in [5.41, 5.74) is -2.42. The average Bonchev–Trinajstić information content (AvgIpc) is 3.56. The predicted molar refractivity (Wildman–Crippen MR) is 120 cm³/mol. The van der Waals surface area contributed by atoms with Crippen LogP contribution >= 0.6 is 0 Å². The summed E-state index contributed by atoms with van der Waals surface area (Å²) in [6, 6.07) is 2.01. The lowest BCUT2D eigenvalue weighted by Crippen LogP contribution is -2.47. The standard InChI is InChI=1S/C24H28F5N3O5/c1-12-18(15-4-5-16(25)19(26)20(15)35-9-7-30-14-6-8-34-10-14)21(37-23(12,3)24(27,28)29)22(33)31-17-11-36-32-13(17)2/h4-5,11-12,14,18,21,30H,6-10H2,1-3H3,(H,31,33)/t12-,14+,18-,21+,23+/m0/s1. The highest BCUT2D eigenvalue weighted by molar-refractivity contribution is 5.95. The first-order valence-electron chi connectivity index (χ1n) is 11.8. The number of aryl methyl sites for hydroxylation is 1. The lowest BCUT2D eigenvalue weighted by atomic mass is 9.77. The molecule has 0 spiro atoms. The van der Waals surface area contributed by atoms with Crippen LogP contribution in [0.1, 0.15) is 37.4 Å². The normalized spacial score (nSPS) is 28.0. The molecule has 0 saturated carbocycles. The monoisotopic (exact) mass is 533 g/mol. The van der Waals surface area contributed by atoms with Crippen LogP contribution in [0.5, 0.6) is 5.75 Å². The van der Waals surface area contributed by atoms with Gasteiger partial charge in [0, 0.05) is 36.6 Å². The molecule has 2 aromatic rings. The summed E-state index contributed by atoms with van der Waals surface area (Å²) in [6.07, 6.45) is -4.66. The number of nitrogens with zero attached hydrogens (tertiary/aromatic N) is 1. The molecule has 0 bridgehead atoms. The summed E-state index contributed by atoms with van der Waals surface area (Å²) >= 11 is 0. The quantitative estimate of drug-likeness (QED) is 0.390. The zero-order valence-corrected chi connectivity index (χ0v) is 20.5. The number of hydrogen-bond acceptors (Lipinski definition) is 7. The van der Waals surface area contributed by atoms with E-state index in [1.165, 1.54) is 13.8 Å². The Morgan fingerprint density at radius 2 is 2.05 bits per heavy atom. The summed E-state index contributed by atoms with van der Waals surface area (Å²) < 4.78 is 92.5. The second-order valence-electron chi connectivity index (χ2n) is 9.40. The van der Waals surface area contributed by atoms with Gasteiger partial charge in [-0.1, -0.05) is 18.1 Å². The molecular weight excluding hydrogens is 505 g/mol. The number of amides is 1. The Labute approximate surface area is 209 Å². The van der Waals surface area contributed by atoms with Crippen LogP contribution in [0.4, 0.5) is 27.6 Å². The number of nitrogens with one attached hydrogen (secondary N) is 2. The molecule has 204 valence electrons. The number of aromatic nitrogens is 1. The maximum atomic E-state index is 15.0. The highest BCUT2D eigenvalue weighted by Gasteiger charge is 2.66. The molecule has 1 aromatic carbocycles. The second-order valence-corrected chi connectivity index (χ2v) is 9.40. The lowest BCUT2D eigenvalue weighted by Gasteiger charge is -2.32. The minimum absolute atomic E-state index is 0.0881.